The molecule has 0 N–H and O–H groups in total. The molecule has 0 fully saturated rings. The molecule has 0 bridgehead atoms. The molecule has 0 saturated carbocycles. The Bertz CT molecular complexity index is 173. The predicted octanol–water partition coefficient (Wildman–Crippen LogP) is -1.37. The van der Waals surface area contributed by atoms with E-state index in [1.807, 2.05) is 0 Å². The SMILES string of the molecule is COCCOCCOCCOCCOC.F[B-](F)(F)F.[Li+]. The van der Waals surface area contributed by atoms with Crippen molar-refractivity contribution in [2.24, 2.45) is 0 Å². The van der Waals surface area contributed by atoms with Gasteiger partial charge >= 0.3 is 26.1 Å². The van der Waals surface area contributed by atoms with Crippen LogP contribution >= 0.6 is 0 Å². The second kappa shape index (κ2) is 20.2. The molecular formula is C10H22BF4LiO5. The van der Waals surface area contributed by atoms with Gasteiger partial charge < -0.3 is 40.9 Å². The van der Waals surface area contributed by atoms with E-state index in [1.54, 1.807) is 14.2 Å². The van der Waals surface area contributed by atoms with Crippen LogP contribution in [0, 0.1) is 0 Å². The first-order chi connectivity index (χ1) is 9.41. The molecule has 0 radical (unpaired) electrons. The normalized spacial score (nSPS) is 10.6. The van der Waals surface area contributed by atoms with Crippen LogP contribution in [0.1, 0.15) is 0 Å². The quantitative estimate of drug-likeness (QED) is 0.253. The van der Waals surface area contributed by atoms with E-state index in [1.165, 1.54) is 0 Å². The first-order valence-corrected chi connectivity index (χ1v) is 6.00. The number of methoxy groups -OCH3 is 2. The summed E-state index contributed by atoms with van der Waals surface area (Å²) in [6, 6.07) is 0. The minimum absolute atomic E-state index is 0. The van der Waals surface area contributed by atoms with Crippen molar-refractivity contribution in [1.82, 2.24) is 0 Å². The Kier molecular flexibility index (Phi) is 25.1. The molecule has 0 saturated heterocycles. The molecular weight excluding hydrogens is 294 g/mol. The topological polar surface area (TPSA) is 46.2 Å². The second-order valence-corrected chi connectivity index (χ2v) is 3.32. The molecule has 0 aliphatic heterocycles. The number of ether oxygens (including phenoxy) is 5. The van der Waals surface area contributed by atoms with Crippen molar-refractivity contribution >= 4 is 7.25 Å². The summed E-state index contributed by atoms with van der Waals surface area (Å²) < 4.78 is 64.3. The van der Waals surface area contributed by atoms with Gasteiger partial charge in [-0.05, 0) is 0 Å². The maximum absolute atomic E-state index is 9.75. The Morgan fingerprint density at radius 1 is 0.571 bits per heavy atom. The molecule has 11 heteroatoms. The largest absolute Gasteiger partial charge is 1.00 e. The molecule has 21 heavy (non-hydrogen) atoms. The summed E-state index contributed by atoms with van der Waals surface area (Å²) >= 11 is 0. The van der Waals surface area contributed by atoms with Crippen LogP contribution in [0.25, 0.3) is 0 Å². The van der Waals surface area contributed by atoms with E-state index >= 15 is 0 Å². The molecule has 0 aliphatic carbocycles. The van der Waals surface area contributed by atoms with E-state index in [9.17, 15) is 17.3 Å². The molecule has 0 aromatic carbocycles. The maximum Gasteiger partial charge on any atom is 1.00 e. The van der Waals surface area contributed by atoms with Crippen molar-refractivity contribution < 1.29 is 59.8 Å². The summed E-state index contributed by atoms with van der Waals surface area (Å²) in [4.78, 5) is 0. The summed E-state index contributed by atoms with van der Waals surface area (Å²) in [7, 11) is -2.70. The van der Waals surface area contributed by atoms with Gasteiger partial charge in [0.2, 0.25) is 0 Å². The molecule has 0 rings (SSSR count). The molecule has 0 amide bonds. The third-order valence-electron chi connectivity index (χ3n) is 1.61. The van der Waals surface area contributed by atoms with Gasteiger partial charge in [-0.3, -0.25) is 0 Å². The number of hydrogen-bond acceptors (Lipinski definition) is 5. The number of rotatable bonds is 12. The van der Waals surface area contributed by atoms with E-state index < -0.39 is 7.25 Å². The summed E-state index contributed by atoms with van der Waals surface area (Å²) in [6.45, 7) is 4.87. The zero-order valence-electron chi connectivity index (χ0n) is 12.8. The average molecular weight is 316 g/mol. The molecule has 0 unspecified atom stereocenters. The van der Waals surface area contributed by atoms with E-state index in [2.05, 4.69) is 0 Å². The fourth-order valence-corrected chi connectivity index (χ4v) is 0.826. The average Bonchev–Trinajstić information content (AvgIpc) is 2.34. The van der Waals surface area contributed by atoms with E-state index in [4.69, 9.17) is 23.7 Å². The van der Waals surface area contributed by atoms with Crippen molar-refractivity contribution in [3.63, 3.8) is 0 Å². The second-order valence-electron chi connectivity index (χ2n) is 3.32. The van der Waals surface area contributed by atoms with Crippen LogP contribution in [-0.4, -0.2) is 74.3 Å². The van der Waals surface area contributed by atoms with Gasteiger partial charge in [0.1, 0.15) is 0 Å². The molecule has 0 aliphatic rings. The third kappa shape index (κ3) is 45.0. The van der Waals surface area contributed by atoms with Gasteiger partial charge in [-0.2, -0.15) is 0 Å². The monoisotopic (exact) mass is 316 g/mol. The molecule has 0 atom stereocenters. The first kappa shape index (κ1) is 26.1. The Balaban J connectivity index is -0.000000465. The van der Waals surface area contributed by atoms with E-state index in [-0.39, 0.29) is 18.9 Å². The van der Waals surface area contributed by atoms with Gasteiger partial charge in [-0.15, -0.1) is 0 Å². The van der Waals surface area contributed by atoms with Gasteiger partial charge in [0.15, 0.2) is 0 Å². The van der Waals surface area contributed by atoms with Crippen molar-refractivity contribution in [3.05, 3.63) is 0 Å². The van der Waals surface area contributed by atoms with Gasteiger partial charge in [0, 0.05) is 14.2 Å². The van der Waals surface area contributed by atoms with Crippen LogP contribution in [0.2, 0.25) is 0 Å². The standard InChI is InChI=1S/C10H22O5.BF4.Li/c1-11-3-5-13-7-9-15-10-8-14-6-4-12-2;2-1(3,4)5;/h3-10H2,1-2H3;;/q;-1;+1. The van der Waals surface area contributed by atoms with Crippen molar-refractivity contribution in [1.29, 1.82) is 0 Å². The zero-order valence-corrected chi connectivity index (χ0v) is 12.8. The fraction of sp³-hybridized carbons (Fsp3) is 1.00. The molecule has 0 aromatic rings. The van der Waals surface area contributed by atoms with Crippen molar-refractivity contribution in [2.75, 3.05) is 67.1 Å². The van der Waals surface area contributed by atoms with Crippen LogP contribution in [-0.2, 0) is 23.7 Å². The minimum Gasteiger partial charge on any atom is -0.418 e. The predicted molar refractivity (Wildman–Crippen MR) is 66.4 cm³/mol. The third-order valence-corrected chi connectivity index (χ3v) is 1.61. The number of halogens is 4. The van der Waals surface area contributed by atoms with Crippen LogP contribution in [0.4, 0.5) is 17.3 Å². The van der Waals surface area contributed by atoms with Gasteiger partial charge in [0.25, 0.3) is 0 Å². The summed E-state index contributed by atoms with van der Waals surface area (Å²) in [5, 5.41) is 0. The van der Waals surface area contributed by atoms with Crippen LogP contribution in [0.3, 0.4) is 0 Å². The number of hydrogen-bond donors (Lipinski definition) is 0. The minimum atomic E-state index is -6.00. The molecule has 5 nitrogen and oxygen atoms in total. The zero-order chi connectivity index (χ0) is 15.7. The smallest absolute Gasteiger partial charge is 0.418 e. The van der Waals surface area contributed by atoms with Gasteiger partial charge in [0.05, 0.1) is 52.9 Å². The van der Waals surface area contributed by atoms with Crippen LogP contribution in [0.15, 0.2) is 0 Å². The molecule has 124 valence electrons. The van der Waals surface area contributed by atoms with Gasteiger partial charge in [-0.25, -0.2) is 0 Å². The van der Waals surface area contributed by atoms with Crippen molar-refractivity contribution in [2.45, 2.75) is 0 Å². The molecule has 0 heterocycles. The van der Waals surface area contributed by atoms with E-state index in [0.29, 0.717) is 52.9 Å². The Labute approximate surface area is 134 Å². The van der Waals surface area contributed by atoms with Gasteiger partial charge in [-0.1, -0.05) is 0 Å². The molecule has 0 spiro atoms. The van der Waals surface area contributed by atoms with Crippen molar-refractivity contribution in [3.8, 4) is 0 Å². The first-order valence-electron chi connectivity index (χ1n) is 6.00. The van der Waals surface area contributed by atoms with Crippen LogP contribution < -0.4 is 18.9 Å². The Hall–Kier alpha value is 0.182. The Morgan fingerprint density at radius 2 is 0.762 bits per heavy atom. The van der Waals surface area contributed by atoms with E-state index in [0.717, 1.165) is 0 Å². The van der Waals surface area contributed by atoms with Crippen LogP contribution in [0.5, 0.6) is 0 Å². The Morgan fingerprint density at radius 3 is 0.952 bits per heavy atom. The summed E-state index contributed by atoms with van der Waals surface area (Å²) in [5.74, 6) is 0. The maximum atomic E-state index is 9.75. The summed E-state index contributed by atoms with van der Waals surface area (Å²) in [5.41, 5.74) is 0. The summed E-state index contributed by atoms with van der Waals surface area (Å²) in [6.07, 6.45) is 0. The molecule has 0 aromatic heterocycles. The fourth-order valence-electron chi connectivity index (χ4n) is 0.826.